The van der Waals surface area contributed by atoms with E-state index in [4.69, 9.17) is 28.2 Å². The van der Waals surface area contributed by atoms with Crippen LogP contribution >= 0.6 is 23.2 Å². The van der Waals surface area contributed by atoms with E-state index in [9.17, 15) is 4.79 Å². The van der Waals surface area contributed by atoms with Gasteiger partial charge in [0.25, 0.3) is 0 Å². The van der Waals surface area contributed by atoms with E-state index in [1.807, 2.05) is 4.57 Å². The van der Waals surface area contributed by atoms with Crippen molar-refractivity contribution in [3.05, 3.63) is 28.0 Å². The molecule has 1 N–H and O–H groups in total. The van der Waals surface area contributed by atoms with Gasteiger partial charge in [-0.2, -0.15) is 0 Å². The molecule has 0 unspecified atom stereocenters. The second kappa shape index (κ2) is 5.95. The van der Waals surface area contributed by atoms with E-state index < -0.39 is 0 Å². The van der Waals surface area contributed by atoms with Gasteiger partial charge in [-0.05, 0) is 45.0 Å². The van der Waals surface area contributed by atoms with Crippen LogP contribution < -0.4 is 5.32 Å². The molecule has 2 heterocycles. The van der Waals surface area contributed by atoms with Crippen LogP contribution in [0.2, 0.25) is 10.0 Å². The number of hydrogen-bond donors (Lipinski definition) is 1. The minimum Gasteiger partial charge on any atom is -0.320 e. The normalized spacial score (nSPS) is 16.5. The molecule has 3 rings (SSSR count). The highest BCUT2D eigenvalue weighted by atomic mass is 35.5. The number of hydrogen-bond acceptors (Lipinski definition) is 3. The Labute approximate surface area is 133 Å². The summed E-state index contributed by atoms with van der Waals surface area (Å²) < 4.78 is 2.00. The molecule has 0 radical (unpaired) electrons. The maximum Gasteiger partial charge on any atom is 0.149 e. The third-order valence-electron chi connectivity index (χ3n) is 3.90. The number of Topliss-reactive ketones (excluding diaryl/α,β-unsaturated/α-hetero) is 1. The Hall–Kier alpha value is -1.10. The number of halogens is 2. The Balaban J connectivity index is 2.14. The first kappa shape index (κ1) is 14.8. The number of carbonyl (C=O) groups is 1. The molecular weight excluding hydrogens is 309 g/mol. The van der Waals surface area contributed by atoms with E-state index in [-0.39, 0.29) is 5.78 Å². The number of nitrogens with one attached hydrogen (secondary N) is 1. The van der Waals surface area contributed by atoms with Crippen molar-refractivity contribution in [3.8, 4) is 0 Å². The molecule has 4 nitrogen and oxygen atoms in total. The summed E-state index contributed by atoms with van der Waals surface area (Å²) in [7, 11) is 0. The lowest BCUT2D eigenvalue weighted by Gasteiger charge is -2.23. The van der Waals surface area contributed by atoms with Crippen molar-refractivity contribution in [2.75, 3.05) is 13.1 Å². The van der Waals surface area contributed by atoms with Crippen molar-refractivity contribution in [2.45, 2.75) is 32.2 Å². The molecule has 0 spiro atoms. The standard InChI is InChI=1S/C15H17Cl2N3O/c1-9(21)8-20-14-7-12(17)11(16)6-13(14)19-15(20)10-2-4-18-5-3-10/h6-7,10,18H,2-5,8H2,1H3. The molecule has 1 aromatic carbocycles. The van der Waals surface area contributed by atoms with Gasteiger partial charge in [-0.3, -0.25) is 4.79 Å². The number of ketones is 1. The lowest BCUT2D eigenvalue weighted by molar-refractivity contribution is -0.117. The number of carbonyl (C=O) groups excluding carboxylic acids is 1. The summed E-state index contributed by atoms with van der Waals surface area (Å²) in [6.07, 6.45) is 2.06. The predicted octanol–water partition coefficient (Wildman–Crippen LogP) is 3.40. The largest absolute Gasteiger partial charge is 0.320 e. The Kier molecular flexibility index (Phi) is 4.20. The van der Waals surface area contributed by atoms with Gasteiger partial charge in [-0.1, -0.05) is 23.2 Å². The summed E-state index contributed by atoms with van der Waals surface area (Å²) >= 11 is 12.2. The molecule has 0 atom stereocenters. The fourth-order valence-corrected chi connectivity index (χ4v) is 3.24. The molecular formula is C15H17Cl2N3O. The van der Waals surface area contributed by atoms with E-state index in [1.165, 1.54) is 0 Å². The van der Waals surface area contributed by atoms with Crippen LogP contribution in [-0.4, -0.2) is 28.4 Å². The number of nitrogens with zero attached hydrogens (tertiary/aromatic N) is 2. The van der Waals surface area contributed by atoms with Crippen LogP contribution in [0, 0.1) is 0 Å². The van der Waals surface area contributed by atoms with E-state index in [0.29, 0.717) is 22.5 Å². The zero-order valence-corrected chi connectivity index (χ0v) is 13.3. The molecule has 1 aromatic heterocycles. The summed E-state index contributed by atoms with van der Waals surface area (Å²) in [5, 5.41) is 4.34. The Morgan fingerprint density at radius 1 is 1.33 bits per heavy atom. The van der Waals surface area contributed by atoms with Gasteiger partial charge in [0, 0.05) is 5.92 Å². The van der Waals surface area contributed by atoms with Crippen LogP contribution in [0.5, 0.6) is 0 Å². The van der Waals surface area contributed by atoms with Crippen LogP contribution in [0.3, 0.4) is 0 Å². The highest BCUT2D eigenvalue weighted by Gasteiger charge is 2.23. The minimum absolute atomic E-state index is 0.107. The van der Waals surface area contributed by atoms with Crippen LogP contribution in [0.1, 0.15) is 31.5 Å². The number of fused-ring (bicyclic) bond motifs is 1. The fourth-order valence-electron chi connectivity index (χ4n) is 2.92. The number of rotatable bonds is 3. The lowest BCUT2D eigenvalue weighted by Crippen LogP contribution is -2.28. The number of benzene rings is 1. The second-order valence-corrected chi connectivity index (χ2v) is 6.35. The van der Waals surface area contributed by atoms with E-state index >= 15 is 0 Å². The van der Waals surface area contributed by atoms with Crippen molar-refractivity contribution >= 4 is 40.0 Å². The summed E-state index contributed by atoms with van der Waals surface area (Å²) in [6.45, 7) is 3.88. The fraction of sp³-hybridized carbons (Fsp3) is 0.467. The average Bonchev–Trinajstić information content (AvgIpc) is 2.78. The van der Waals surface area contributed by atoms with Gasteiger partial charge in [-0.15, -0.1) is 0 Å². The first-order chi connectivity index (χ1) is 10.1. The first-order valence-electron chi connectivity index (χ1n) is 7.11. The van der Waals surface area contributed by atoms with Gasteiger partial charge in [0.15, 0.2) is 0 Å². The summed E-state index contributed by atoms with van der Waals surface area (Å²) in [5.74, 6) is 1.45. The summed E-state index contributed by atoms with van der Waals surface area (Å²) in [5.41, 5.74) is 1.69. The van der Waals surface area contributed by atoms with Crippen molar-refractivity contribution in [2.24, 2.45) is 0 Å². The highest BCUT2D eigenvalue weighted by Crippen LogP contribution is 2.32. The van der Waals surface area contributed by atoms with Gasteiger partial charge < -0.3 is 9.88 Å². The topological polar surface area (TPSA) is 46.9 Å². The third-order valence-corrected chi connectivity index (χ3v) is 4.63. The molecule has 0 saturated carbocycles. The van der Waals surface area contributed by atoms with Crippen LogP contribution in [-0.2, 0) is 11.3 Å². The molecule has 1 saturated heterocycles. The third kappa shape index (κ3) is 2.93. The van der Waals surface area contributed by atoms with Crippen LogP contribution in [0.15, 0.2) is 12.1 Å². The quantitative estimate of drug-likeness (QED) is 0.940. The maximum atomic E-state index is 11.6. The first-order valence-corrected chi connectivity index (χ1v) is 7.87. The SMILES string of the molecule is CC(=O)Cn1c(C2CCNCC2)nc2cc(Cl)c(Cl)cc21. The summed E-state index contributed by atoms with van der Waals surface area (Å²) in [6, 6.07) is 3.58. The smallest absolute Gasteiger partial charge is 0.149 e. The molecule has 1 aliphatic heterocycles. The average molecular weight is 326 g/mol. The van der Waals surface area contributed by atoms with Gasteiger partial charge in [0.2, 0.25) is 0 Å². The summed E-state index contributed by atoms with van der Waals surface area (Å²) in [4.78, 5) is 16.4. The highest BCUT2D eigenvalue weighted by molar-refractivity contribution is 6.42. The molecule has 0 amide bonds. The van der Waals surface area contributed by atoms with Gasteiger partial charge in [0.05, 0.1) is 27.6 Å². The van der Waals surface area contributed by atoms with Crippen LogP contribution in [0.4, 0.5) is 0 Å². The Morgan fingerprint density at radius 3 is 2.67 bits per heavy atom. The van der Waals surface area contributed by atoms with Crippen molar-refractivity contribution in [1.29, 1.82) is 0 Å². The monoisotopic (exact) mass is 325 g/mol. The number of piperidine rings is 1. The zero-order valence-electron chi connectivity index (χ0n) is 11.8. The van der Waals surface area contributed by atoms with E-state index in [0.717, 1.165) is 42.8 Å². The number of aromatic nitrogens is 2. The predicted molar refractivity (Wildman–Crippen MR) is 85.3 cm³/mol. The van der Waals surface area contributed by atoms with Gasteiger partial charge in [-0.25, -0.2) is 4.98 Å². The Morgan fingerprint density at radius 2 is 2.00 bits per heavy atom. The van der Waals surface area contributed by atoms with Crippen molar-refractivity contribution < 1.29 is 4.79 Å². The van der Waals surface area contributed by atoms with Crippen molar-refractivity contribution in [1.82, 2.24) is 14.9 Å². The molecule has 112 valence electrons. The van der Waals surface area contributed by atoms with Crippen molar-refractivity contribution in [3.63, 3.8) is 0 Å². The molecule has 2 aromatic rings. The zero-order chi connectivity index (χ0) is 15.0. The maximum absolute atomic E-state index is 11.6. The van der Waals surface area contributed by atoms with E-state index in [2.05, 4.69) is 5.32 Å². The number of imidazole rings is 1. The molecule has 6 heteroatoms. The Bertz CT molecular complexity index is 690. The van der Waals surface area contributed by atoms with E-state index in [1.54, 1.807) is 19.1 Å². The second-order valence-electron chi connectivity index (χ2n) is 5.54. The molecule has 1 aliphatic rings. The molecule has 1 fully saturated rings. The molecule has 0 aliphatic carbocycles. The van der Waals surface area contributed by atoms with Gasteiger partial charge >= 0.3 is 0 Å². The molecule has 21 heavy (non-hydrogen) atoms. The molecule has 0 bridgehead atoms. The van der Waals surface area contributed by atoms with Gasteiger partial charge in [0.1, 0.15) is 11.6 Å². The van der Waals surface area contributed by atoms with Crippen LogP contribution in [0.25, 0.3) is 11.0 Å². The lowest BCUT2D eigenvalue weighted by atomic mass is 9.97. The minimum atomic E-state index is 0.107.